The number of nitrogens with one attached hydrogen (secondary N) is 1. The van der Waals surface area contributed by atoms with Crippen LogP contribution in [0.3, 0.4) is 0 Å². The first kappa shape index (κ1) is 24.4. The van der Waals surface area contributed by atoms with Crippen molar-refractivity contribution < 1.29 is 0 Å². The Morgan fingerprint density at radius 2 is 1.55 bits per heavy atom. The van der Waals surface area contributed by atoms with Gasteiger partial charge in [0.15, 0.2) is 17.5 Å². The first-order valence-corrected chi connectivity index (χ1v) is 13.8. The van der Waals surface area contributed by atoms with Crippen LogP contribution in [-0.4, -0.2) is 21.5 Å². The number of fused-ring (bicyclic) bond motifs is 4. The molecule has 0 bridgehead atoms. The van der Waals surface area contributed by atoms with Gasteiger partial charge in [0.05, 0.1) is 28.8 Å². The quantitative estimate of drug-likeness (QED) is 0.249. The van der Waals surface area contributed by atoms with Crippen LogP contribution in [0.1, 0.15) is 35.3 Å². The Hall–Kier alpha value is -4.68. The predicted octanol–water partition coefficient (Wildman–Crippen LogP) is 8.19. The third-order valence-corrected chi connectivity index (χ3v) is 7.70. The van der Waals surface area contributed by atoms with Gasteiger partial charge < -0.3 is 10.2 Å². The summed E-state index contributed by atoms with van der Waals surface area (Å²) in [6.07, 6.45) is 0.990. The monoisotopic (exact) mass is 542 g/mol. The number of aromatic nitrogens is 2. The summed E-state index contributed by atoms with van der Waals surface area (Å²) in [5, 5.41) is 9.27. The Bertz CT molecular complexity index is 1770. The maximum Gasteiger partial charge on any atom is 0.179 e. The normalized spacial score (nSPS) is 15.5. The fraction of sp³-hybridized carbons (Fsp3) is 0.121. The number of anilines is 2. The lowest BCUT2D eigenvalue weighted by molar-refractivity contribution is 0.815. The molecular weight excluding hydrogens is 516 g/mol. The summed E-state index contributed by atoms with van der Waals surface area (Å²) >= 11 is 6.34. The van der Waals surface area contributed by atoms with E-state index in [4.69, 9.17) is 26.7 Å². The summed E-state index contributed by atoms with van der Waals surface area (Å²) in [4.78, 5) is 12.6. The molecule has 7 rings (SSSR count). The van der Waals surface area contributed by atoms with E-state index in [1.807, 2.05) is 53.2 Å². The van der Waals surface area contributed by atoms with Crippen molar-refractivity contribution in [3.63, 3.8) is 0 Å². The molecule has 7 heteroatoms. The van der Waals surface area contributed by atoms with E-state index < -0.39 is 0 Å². The van der Waals surface area contributed by atoms with Gasteiger partial charge in [-0.25, -0.2) is 14.7 Å². The molecule has 196 valence electrons. The van der Waals surface area contributed by atoms with Crippen LogP contribution in [0.4, 0.5) is 22.9 Å². The topological polar surface area (TPSA) is 57.8 Å². The Balaban J connectivity index is 1.47. The van der Waals surface area contributed by atoms with Crippen molar-refractivity contribution in [1.82, 2.24) is 9.78 Å². The summed E-state index contributed by atoms with van der Waals surface area (Å²) < 4.78 is 1.94. The minimum absolute atomic E-state index is 0.187. The number of halogens is 1. The molecule has 2 aliphatic rings. The van der Waals surface area contributed by atoms with Crippen molar-refractivity contribution >= 4 is 46.2 Å². The minimum atomic E-state index is -0.187. The summed E-state index contributed by atoms with van der Waals surface area (Å²) in [5.74, 6) is 2.22. The standard InChI is InChI=1S/C33H27ClN6/c1-3-22-13-19-25(20-14-22)35-31-33-37-32-29(21(2)38-40(32)26-9-5-4-6-10-26)30(23-15-17-24(34)18-16-23)39(33)28-12-8-7-11-27(28)36-31/h4-20,30H,3H2,1-2H3,(H,35,36)/t30-/m1/s1. The van der Waals surface area contributed by atoms with Crippen LogP contribution in [0, 0.1) is 6.92 Å². The van der Waals surface area contributed by atoms with Gasteiger partial charge in [0.25, 0.3) is 0 Å². The summed E-state index contributed by atoms with van der Waals surface area (Å²) in [5.41, 5.74) is 8.14. The van der Waals surface area contributed by atoms with Gasteiger partial charge in [-0.15, -0.1) is 0 Å². The maximum absolute atomic E-state index is 6.34. The Morgan fingerprint density at radius 3 is 2.30 bits per heavy atom. The Kier molecular flexibility index (Phi) is 5.98. The smallest absolute Gasteiger partial charge is 0.179 e. The van der Waals surface area contributed by atoms with Gasteiger partial charge in [-0.2, -0.15) is 5.10 Å². The molecule has 0 fully saturated rings. The molecule has 4 aromatic carbocycles. The molecular formula is C33H27ClN6. The molecule has 6 nitrogen and oxygen atoms in total. The third-order valence-electron chi connectivity index (χ3n) is 7.45. The zero-order valence-electron chi connectivity index (χ0n) is 22.2. The molecule has 0 amide bonds. The lowest BCUT2D eigenvalue weighted by atomic mass is 9.93. The predicted molar refractivity (Wildman–Crippen MR) is 164 cm³/mol. The van der Waals surface area contributed by atoms with E-state index in [1.54, 1.807) is 0 Å². The SMILES string of the molecule is CCc1ccc(NC2=Nc3ccccc3N3C2=Nc2c(c(C)nn2-c2ccccc2)[C@H]3c2ccc(Cl)cc2)cc1. The molecule has 0 saturated carbocycles. The number of para-hydroxylation sites is 3. The number of amidine groups is 2. The largest absolute Gasteiger partial charge is 0.337 e. The van der Waals surface area contributed by atoms with Crippen LogP contribution in [0.25, 0.3) is 5.69 Å². The van der Waals surface area contributed by atoms with Crippen molar-refractivity contribution in [2.75, 3.05) is 10.2 Å². The van der Waals surface area contributed by atoms with Crippen LogP contribution in [0.2, 0.25) is 5.02 Å². The van der Waals surface area contributed by atoms with Gasteiger partial charge >= 0.3 is 0 Å². The molecule has 0 aliphatic carbocycles. The van der Waals surface area contributed by atoms with Crippen molar-refractivity contribution in [1.29, 1.82) is 0 Å². The summed E-state index contributed by atoms with van der Waals surface area (Å²) in [6.45, 7) is 4.21. The molecule has 40 heavy (non-hydrogen) atoms. The van der Waals surface area contributed by atoms with Gasteiger partial charge in [-0.3, -0.25) is 0 Å². The van der Waals surface area contributed by atoms with E-state index in [2.05, 4.69) is 78.7 Å². The molecule has 0 spiro atoms. The minimum Gasteiger partial charge on any atom is -0.337 e. The molecule has 2 aliphatic heterocycles. The van der Waals surface area contributed by atoms with E-state index in [9.17, 15) is 0 Å². The highest BCUT2D eigenvalue weighted by Crippen LogP contribution is 2.48. The van der Waals surface area contributed by atoms with Crippen LogP contribution < -0.4 is 10.2 Å². The molecule has 0 unspecified atom stereocenters. The molecule has 1 aromatic heterocycles. The number of aliphatic imine (C=N–C) groups is 2. The van der Waals surface area contributed by atoms with Gasteiger partial charge in [0.2, 0.25) is 0 Å². The highest BCUT2D eigenvalue weighted by molar-refractivity contribution is 6.51. The number of rotatable bonds is 4. The van der Waals surface area contributed by atoms with Gasteiger partial charge in [-0.05, 0) is 73.0 Å². The van der Waals surface area contributed by atoms with Crippen LogP contribution in [0.5, 0.6) is 0 Å². The molecule has 3 heterocycles. The maximum atomic E-state index is 6.34. The van der Waals surface area contributed by atoms with E-state index in [-0.39, 0.29) is 6.04 Å². The zero-order valence-corrected chi connectivity index (χ0v) is 23.0. The van der Waals surface area contributed by atoms with Crippen molar-refractivity contribution in [3.8, 4) is 5.69 Å². The highest BCUT2D eigenvalue weighted by atomic mass is 35.5. The molecule has 0 radical (unpaired) electrons. The average Bonchev–Trinajstić information content (AvgIpc) is 3.33. The third kappa shape index (κ3) is 4.08. The van der Waals surface area contributed by atoms with Gasteiger partial charge in [-0.1, -0.05) is 73.1 Å². The molecule has 0 saturated heterocycles. The number of hydrogen-bond acceptors (Lipinski definition) is 5. The molecule has 1 N–H and O–H groups in total. The number of nitrogens with zero attached hydrogens (tertiary/aromatic N) is 5. The van der Waals surface area contributed by atoms with E-state index in [0.717, 1.165) is 57.6 Å². The van der Waals surface area contributed by atoms with Crippen molar-refractivity contribution in [2.45, 2.75) is 26.3 Å². The Morgan fingerprint density at radius 1 is 0.825 bits per heavy atom. The fourth-order valence-corrected chi connectivity index (χ4v) is 5.59. The van der Waals surface area contributed by atoms with E-state index >= 15 is 0 Å². The van der Waals surface area contributed by atoms with Gasteiger partial charge in [0, 0.05) is 16.3 Å². The first-order valence-electron chi connectivity index (χ1n) is 13.4. The second-order valence-corrected chi connectivity index (χ2v) is 10.4. The number of hydrogen-bond donors (Lipinski definition) is 1. The lowest BCUT2D eigenvalue weighted by Gasteiger charge is -2.40. The first-order chi connectivity index (χ1) is 19.6. The number of benzene rings is 4. The van der Waals surface area contributed by atoms with E-state index in [0.29, 0.717) is 10.9 Å². The molecule has 5 aromatic rings. The lowest BCUT2D eigenvalue weighted by Crippen LogP contribution is -2.46. The summed E-state index contributed by atoms with van der Waals surface area (Å²) in [6, 6.07) is 34.7. The van der Waals surface area contributed by atoms with Crippen molar-refractivity contribution in [3.05, 3.63) is 131 Å². The highest BCUT2D eigenvalue weighted by Gasteiger charge is 2.41. The second kappa shape index (κ2) is 9.81. The fourth-order valence-electron chi connectivity index (χ4n) is 5.47. The van der Waals surface area contributed by atoms with Crippen LogP contribution in [-0.2, 0) is 6.42 Å². The van der Waals surface area contributed by atoms with Crippen molar-refractivity contribution in [2.24, 2.45) is 9.98 Å². The van der Waals surface area contributed by atoms with Crippen LogP contribution >= 0.6 is 11.6 Å². The van der Waals surface area contributed by atoms with Gasteiger partial charge in [0.1, 0.15) is 0 Å². The number of aryl methyl sites for hydroxylation is 2. The van der Waals surface area contributed by atoms with Crippen LogP contribution in [0.15, 0.2) is 113 Å². The molecule has 1 atom stereocenters. The Labute approximate surface area is 238 Å². The zero-order chi connectivity index (χ0) is 27.2. The summed E-state index contributed by atoms with van der Waals surface area (Å²) in [7, 11) is 0. The average molecular weight is 543 g/mol. The second-order valence-electron chi connectivity index (χ2n) is 9.95. The van der Waals surface area contributed by atoms with E-state index in [1.165, 1.54) is 5.56 Å².